The van der Waals surface area contributed by atoms with E-state index in [0.29, 0.717) is 12.3 Å². The standard InChI is InChI=1S/C16H20O/c1-16(2,3)13-9-10-15(17)14(11-13)12-7-5-4-6-8-12/h4-8,11,13H,9-10H2,1-3H3/t13-/m0/s1. The molecule has 0 spiro atoms. The van der Waals surface area contributed by atoms with E-state index in [-0.39, 0.29) is 11.2 Å². The molecule has 0 heterocycles. The van der Waals surface area contributed by atoms with E-state index >= 15 is 0 Å². The summed E-state index contributed by atoms with van der Waals surface area (Å²) in [6.07, 6.45) is 3.85. The molecular formula is C16H20O. The van der Waals surface area contributed by atoms with E-state index < -0.39 is 0 Å². The normalized spacial score (nSPS) is 21.2. The molecule has 2 rings (SSSR count). The van der Waals surface area contributed by atoms with E-state index in [9.17, 15) is 4.79 Å². The smallest absolute Gasteiger partial charge is 0.163 e. The highest BCUT2D eigenvalue weighted by Gasteiger charge is 2.29. The average molecular weight is 228 g/mol. The quantitative estimate of drug-likeness (QED) is 0.707. The summed E-state index contributed by atoms with van der Waals surface area (Å²) in [7, 11) is 0. The summed E-state index contributed by atoms with van der Waals surface area (Å²) in [6.45, 7) is 6.73. The third-order valence-corrected chi connectivity index (χ3v) is 3.55. The second kappa shape index (κ2) is 4.48. The van der Waals surface area contributed by atoms with Crippen LogP contribution in [0.3, 0.4) is 0 Å². The second-order valence-electron chi connectivity index (χ2n) is 5.88. The molecule has 0 aromatic heterocycles. The van der Waals surface area contributed by atoms with E-state index in [1.807, 2.05) is 30.3 Å². The zero-order chi connectivity index (χ0) is 12.5. The summed E-state index contributed by atoms with van der Waals surface area (Å²) in [4.78, 5) is 12.0. The molecule has 90 valence electrons. The van der Waals surface area contributed by atoms with Gasteiger partial charge in [-0.25, -0.2) is 0 Å². The molecule has 17 heavy (non-hydrogen) atoms. The first-order valence-electron chi connectivity index (χ1n) is 6.29. The lowest BCUT2D eigenvalue weighted by atomic mass is 9.73. The predicted molar refractivity (Wildman–Crippen MR) is 71.6 cm³/mol. The van der Waals surface area contributed by atoms with Crippen LogP contribution in [0.15, 0.2) is 36.4 Å². The minimum Gasteiger partial charge on any atom is -0.294 e. The van der Waals surface area contributed by atoms with Crippen LogP contribution in [-0.4, -0.2) is 5.78 Å². The SMILES string of the molecule is CC(C)(C)[C@@H]1C=C(c2ccccc2)C(=O)CC1. The van der Waals surface area contributed by atoms with Crippen molar-refractivity contribution in [1.82, 2.24) is 0 Å². The Morgan fingerprint density at radius 3 is 2.35 bits per heavy atom. The van der Waals surface area contributed by atoms with Crippen molar-refractivity contribution < 1.29 is 4.79 Å². The highest BCUT2D eigenvalue weighted by molar-refractivity contribution is 6.21. The molecule has 0 bridgehead atoms. The van der Waals surface area contributed by atoms with Gasteiger partial charge < -0.3 is 0 Å². The van der Waals surface area contributed by atoms with Gasteiger partial charge in [-0.3, -0.25) is 4.79 Å². The minimum atomic E-state index is 0.237. The summed E-state index contributed by atoms with van der Waals surface area (Å²) in [5.41, 5.74) is 2.21. The molecule has 0 amide bonds. The molecule has 1 heteroatoms. The number of benzene rings is 1. The summed E-state index contributed by atoms with van der Waals surface area (Å²) >= 11 is 0. The van der Waals surface area contributed by atoms with Crippen LogP contribution in [0.2, 0.25) is 0 Å². The van der Waals surface area contributed by atoms with Crippen LogP contribution in [-0.2, 0) is 4.79 Å². The van der Waals surface area contributed by atoms with Gasteiger partial charge in [0.05, 0.1) is 0 Å². The fourth-order valence-corrected chi connectivity index (χ4v) is 2.36. The Labute approximate surface area is 104 Å². The van der Waals surface area contributed by atoms with Gasteiger partial charge in [-0.15, -0.1) is 0 Å². The largest absolute Gasteiger partial charge is 0.294 e. The Hall–Kier alpha value is -1.37. The van der Waals surface area contributed by atoms with Gasteiger partial charge >= 0.3 is 0 Å². The fourth-order valence-electron chi connectivity index (χ4n) is 2.36. The van der Waals surface area contributed by atoms with Crippen molar-refractivity contribution in [3.63, 3.8) is 0 Å². The van der Waals surface area contributed by atoms with Gasteiger partial charge in [-0.05, 0) is 23.3 Å². The Bertz CT molecular complexity index is 434. The Balaban J connectivity index is 2.37. The maximum absolute atomic E-state index is 12.0. The van der Waals surface area contributed by atoms with Crippen LogP contribution in [0.5, 0.6) is 0 Å². The molecule has 0 saturated heterocycles. The van der Waals surface area contributed by atoms with Gasteiger partial charge in [0, 0.05) is 12.0 Å². The van der Waals surface area contributed by atoms with Crippen LogP contribution in [0, 0.1) is 11.3 Å². The first-order valence-corrected chi connectivity index (χ1v) is 6.29. The van der Waals surface area contributed by atoms with Crippen molar-refractivity contribution in [3.8, 4) is 0 Å². The zero-order valence-electron chi connectivity index (χ0n) is 10.9. The Morgan fingerprint density at radius 1 is 1.12 bits per heavy atom. The summed E-state index contributed by atoms with van der Waals surface area (Å²) in [5.74, 6) is 0.784. The molecule has 0 fully saturated rings. The predicted octanol–water partition coefficient (Wildman–Crippen LogP) is 4.10. The van der Waals surface area contributed by atoms with Crippen LogP contribution in [0.1, 0.15) is 39.2 Å². The molecule has 0 aliphatic heterocycles. The molecule has 1 aliphatic rings. The Morgan fingerprint density at radius 2 is 1.76 bits per heavy atom. The number of hydrogen-bond donors (Lipinski definition) is 0. The second-order valence-corrected chi connectivity index (χ2v) is 5.88. The average Bonchev–Trinajstić information content (AvgIpc) is 2.29. The van der Waals surface area contributed by atoms with Gasteiger partial charge in [0.25, 0.3) is 0 Å². The highest BCUT2D eigenvalue weighted by Crippen LogP contribution is 2.37. The van der Waals surface area contributed by atoms with Crippen LogP contribution in [0.25, 0.3) is 5.57 Å². The zero-order valence-corrected chi connectivity index (χ0v) is 10.9. The molecular weight excluding hydrogens is 208 g/mol. The number of ketones is 1. The first kappa shape index (κ1) is 12.1. The lowest BCUT2D eigenvalue weighted by Crippen LogP contribution is -2.24. The highest BCUT2D eigenvalue weighted by atomic mass is 16.1. The van der Waals surface area contributed by atoms with Gasteiger partial charge in [0.15, 0.2) is 5.78 Å². The van der Waals surface area contributed by atoms with Crippen molar-refractivity contribution in [3.05, 3.63) is 42.0 Å². The summed E-state index contributed by atoms with van der Waals surface area (Å²) in [6, 6.07) is 10.0. The van der Waals surface area contributed by atoms with Crippen LogP contribution in [0.4, 0.5) is 0 Å². The van der Waals surface area contributed by atoms with Gasteiger partial charge in [-0.2, -0.15) is 0 Å². The van der Waals surface area contributed by atoms with Crippen LogP contribution >= 0.6 is 0 Å². The summed E-state index contributed by atoms with van der Waals surface area (Å²) in [5, 5.41) is 0. The number of allylic oxidation sites excluding steroid dienone is 2. The van der Waals surface area contributed by atoms with Crippen molar-refractivity contribution in [2.75, 3.05) is 0 Å². The van der Waals surface area contributed by atoms with Gasteiger partial charge in [0.1, 0.15) is 0 Å². The molecule has 0 unspecified atom stereocenters. The number of rotatable bonds is 1. The third-order valence-electron chi connectivity index (χ3n) is 3.55. The maximum atomic E-state index is 12.0. The molecule has 1 nitrogen and oxygen atoms in total. The van der Waals surface area contributed by atoms with Crippen molar-refractivity contribution >= 4 is 11.4 Å². The van der Waals surface area contributed by atoms with Crippen molar-refractivity contribution in [2.24, 2.45) is 11.3 Å². The van der Waals surface area contributed by atoms with E-state index in [2.05, 4.69) is 26.8 Å². The molecule has 0 saturated carbocycles. The third kappa shape index (κ3) is 2.66. The van der Waals surface area contributed by atoms with Gasteiger partial charge in [0.2, 0.25) is 0 Å². The Kier molecular flexibility index (Phi) is 3.19. The first-order chi connectivity index (χ1) is 7.98. The number of hydrogen-bond acceptors (Lipinski definition) is 1. The van der Waals surface area contributed by atoms with E-state index in [1.54, 1.807) is 0 Å². The fraction of sp³-hybridized carbons (Fsp3) is 0.438. The van der Waals surface area contributed by atoms with E-state index in [1.165, 1.54) is 0 Å². The molecule has 1 aromatic rings. The maximum Gasteiger partial charge on any atom is 0.163 e. The molecule has 1 aromatic carbocycles. The van der Waals surface area contributed by atoms with Crippen LogP contribution < -0.4 is 0 Å². The lowest BCUT2D eigenvalue weighted by molar-refractivity contribution is -0.114. The topological polar surface area (TPSA) is 17.1 Å². The molecule has 1 aliphatic carbocycles. The van der Waals surface area contributed by atoms with Crippen molar-refractivity contribution in [2.45, 2.75) is 33.6 Å². The number of carbonyl (C=O) groups excluding carboxylic acids is 1. The molecule has 1 atom stereocenters. The monoisotopic (exact) mass is 228 g/mol. The van der Waals surface area contributed by atoms with E-state index in [0.717, 1.165) is 17.6 Å². The molecule has 0 N–H and O–H groups in total. The lowest BCUT2D eigenvalue weighted by Gasteiger charge is -2.31. The number of carbonyl (C=O) groups is 1. The minimum absolute atomic E-state index is 0.237. The molecule has 0 radical (unpaired) electrons. The summed E-state index contributed by atoms with van der Waals surface area (Å²) < 4.78 is 0. The van der Waals surface area contributed by atoms with E-state index in [4.69, 9.17) is 0 Å². The number of Topliss-reactive ketones (excluding diaryl/α,β-unsaturated/α-hetero) is 1. The van der Waals surface area contributed by atoms with Crippen molar-refractivity contribution in [1.29, 1.82) is 0 Å². The van der Waals surface area contributed by atoms with Gasteiger partial charge in [-0.1, -0.05) is 57.2 Å².